The first-order chi connectivity index (χ1) is 20.0. The van der Waals surface area contributed by atoms with Gasteiger partial charge in [-0.2, -0.15) is 0 Å². The fraction of sp³-hybridized carbons (Fsp3) is 0.0625. The van der Waals surface area contributed by atoms with Gasteiger partial charge in [-0.25, -0.2) is 9.13 Å². The molecule has 10 heteroatoms. The third-order valence-electron chi connectivity index (χ3n) is 8.61. The van der Waals surface area contributed by atoms with Gasteiger partial charge in [0, 0.05) is 27.6 Å². The first-order valence-electron chi connectivity index (χ1n) is 13.3. The van der Waals surface area contributed by atoms with Crippen LogP contribution in [0.5, 0.6) is 11.5 Å². The van der Waals surface area contributed by atoms with E-state index >= 15 is 0 Å². The van der Waals surface area contributed by atoms with Crippen LogP contribution in [0.3, 0.4) is 0 Å². The average molecular weight is 594 g/mol. The summed E-state index contributed by atoms with van der Waals surface area (Å²) in [5.41, 5.74) is 5.90. The molecule has 0 fully saturated rings. The van der Waals surface area contributed by atoms with Crippen LogP contribution in [0.15, 0.2) is 72.8 Å². The second-order valence-electron chi connectivity index (χ2n) is 11.2. The van der Waals surface area contributed by atoms with Gasteiger partial charge in [0.05, 0.1) is 0 Å². The molecule has 3 aliphatic rings. The molecular weight excluding hydrogens is 574 g/mol. The van der Waals surface area contributed by atoms with Crippen molar-refractivity contribution in [3.05, 3.63) is 105 Å². The molecule has 4 N–H and O–H groups in total. The van der Waals surface area contributed by atoms with E-state index in [2.05, 4.69) is 12.1 Å². The highest BCUT2D eigenvalue weighted by atomic mass is 31.2. The highest BCUT2D eigenvalue weighted by Gasteiger charge is 2.36. The molecule has 6 aromatic rings. The summed E-state index contributed by atoms with van der Waals surface area (Å²) in [6.07, 6.45) is 1.36. The van der Waals surface area contributed by atoms with E-state index in [0.29, 0.717) is 27.6 Å². The Morgan fingerprint density at radius 1 is 0.524 bits per heavy atom. The summed E-state index contributed by atoms with van der Waals surface area (Å²) in [7, 11) is -10.1. The van der Waals surface area contributed by atoms with Gasteiger partial charge in [-0.15, -0.1) is 0 Å². The molecule has 0 aromatic heterocycles. The molecule has 206 valence electrons. The van der Waals surface area contributed by atoms with Crippen LogP contribution in [0, 0.1) is 0 Å². The van der Waals surface area contributed by atoms with Gasteiger partial charge in [0.1, 0.15) is 11.5 Å². The number of fused-ring (bicyclic) bond motifs is 11. The highest BCUT2D eigenvalue weighted by Crippen LogP contribution is 2.49. The minimum atomic E-state index is -5.04. The Balaban J connectivity index is 1.48. The molecule has 0 saturated heterocycles. The SMILES string of the molecule is O=P(O)(O)Oc1c2c(c(OP(=O)(O)O)c3cc4cc5cc6c(cc5cc4cc13)C6)=C1CC=2c2cc3ccccc3cc21. The Kier molecular flexibility index (Phi) is 4.61. The maximum absolute atomic E-state index is 12.4. The molecule has 0 aliphatic heterocycles. The van der Waals surface area contributed by atoms with Crippen molar-refractivity contribution in [1.29, 1.82) is 0 Å². The number of phosphoric acid groups is 2. The maximum Gasteiger partial charge on any atom is 0.524 e. The topological polar surface area (TPSA) is 134 Å². The van der Waals surface area contributed by atoms with Crippen molar-refractivity contribution in [3.8, 4) is 11.5 Å². The molecule has 42 heavy (non-hydrogen) atoms. The summed E-state index contributed by atoms with van der Waals surface area (Å²) < 4.78 is 35.6. The monoisotopic (exact) mass is 594 g/mol. The van der Waals surface area contributed by atoms with Gasteiger partial charge < -0.3 is 9.05 Å². The lowest BCUT2D eigenvalue weighted by molar-refractivity contribution is 0.278. The van der Waals surface area contributed by atoms with Crippen LogP contribution in [0.2, 0.25) is 0 Å². The first-order valence-corrected chi connectivity index (χ1v) is 16.4. The molecule has 9 rings (SSSR count). The zero-order chi connectivity index (χ0) is 28.7. The lowest BCUT2D eigenvalue weighted by Crippen LogP contribution is -2.31. The zero-order valence-electron chi connectivity index (χ0n) is 21.7. The minimum absolute atomic E-state index is 0.0300. The largest absolute Gasteiger partial charge is 0.524 e. The van der Waals surface area contributed by atoms with Crippen molar-refractivity contribution in [2.75, 3.05) is 0 Å². The molecule has 2 bridgehead atoms. The van der Waals surface area contributed by atoms with Crippen molar-refractivity contribution >= 4 is 69.9 Å². The van der Waals surface area contributed by atoms with Gasteiger partial charge in [-0.05, 0) is 109 Å². The molecule has 0 radical (unpaired) electrons. The maximum atomic E-state index is 12.4. The molecule has 0 spiro atoms. The normalized spacial score (nSPS) is 15.0. The highest BCUT2D eigenvalue weighted by molar-refractivity contribution is 7.47. The van der Waals surface area contributed by atoms with Crippen molar-refractivity contribution in [2.24, 2.45) is 0 Å². The van der Waals surface area contributed by atoms with Gasteiger partial charge in [-0.3, -0.25) is 19.6 Å². The zero-order valence-corrected chi connectivity index (χ0v) is 23.4. The van der Waals surface area contributed by atoms with Crippen molar-refractivity contribution < 1.29 is 37.8 Å². The molecule has 0 heterocycles. The Labute approximate surface area is 237 Å². The number of benzene rings is 6. The molecular formula is C32H20O8P2. The Morgan fingerprint density at radius 3 is 1.38 bits per heavy atom. The lowest BCUT2D eigenvalue weighted by Gasteiger charge is -2.19. The van der Waals surface area contributed by atoms with E-state index in [1.807, 2.05) is 48.5 Å². The lowest BCUT2D eigenvalue weighted by atomic mass is 9.92. The van der Waals surface area contributed by atoms with Gasteiger partial charge >= 0.3 is 15.6 Å². The Hall–Kier alpha value is -4.00. The molecule has 8 nitrogen and oxygen atoms in total. The van der Waals surface area contributed by atoms with E-state index in [0.717, 1.165) is 61.0 Å². The third kappa shape index (κ3) is 3.58. The fourth-order valence-corrected chi connectivity index (χ4v) is 7.74. The Bertz CT molecular complexity index is 2350. The summed E-state index contributed by atoms with van der Waals surface area (Å²) in [4.78, 5) is 40.1. The number of phosphoric ester groups is 2. The molecule has 3 aliphatic carbocycles. The van der Waals surface area contributed by atoms with Gasteiger partial charge in [0.2, 0.25) is 0 Å². The average Bonchev–Trinajstić information content (AvgIpc) is 3.43. The van der Waals surface area contributed by atoms with Crippen LogP contribution < -0.4 is 19.5 Å². The van der Waals surface area contributed by atoms with Crippen LogP contribution >= 0.6 is 15.6 Å². The van der Waals surface area contributed by atoms with E-state index in [9.17, 15) is 28.7 Å². The van der Waals surface area contributed by atoms with Gasteiger partial charge in [0.25, 0.3) is 0 Å². The summed E-state index contributed by atoms with van der Waals surface area (Å²) in [6, 6.07) is 23.7. The smallest absolute Gasteiger partial charge is 0.403 e. The van der Waals surface area contributed by atoms with Crippen LogP contribution in [0.4, 0.5) is 0 Å². The van der Waals surface area contributed by atoms with E-state index in [-0.39, 0.29) is 11.5 Å². The van der Waals surface area contributed by atoms with E-state index in [1.54, 1.807) is 12.1 Å². The predicted molar refractivity (Wildman–Crippen MR) is 160 cm³/mol. The quantitative estimate of drug-likeness (QED) is 0.160. The Morgan fingerprint density at radius 2 is 0.952 bits per heavy atom. The third-order valence-corrected chi connectivity index (χ3v) is 9.45. The van der Waals surface area contributed by atoms with E-state index in [4.69, 9.17) is 9.05 Å². The molecule has 6 aromatic carbocycles. The number of hydrogen-bond acceptors (Lipinski definition) is 4. The van der Waals surface area contributed by atoms with Crippen LogP contribution in [-0.4, -0.2) is 19.6 Å². The van der Waals surface area contributed by atoms with Crippen molar-refractivity contribution in [3.63, 3.8) is 0 Å². The second-order valence-corrected chi connectivity index (χ2v) is 13.5. The summed E-state index contributed by atoms with van der Waals surface area (Å²) in [6.45, 7) is 0. The summed E-state index contributed by atoms with van der Waals surface area (Å²) in [5, 5.41) is 7.02. The number of hydrogen-bond donors (Lipinski definition) is 4. The van der Waals surface area contributed by atoms with Crippen molar-refractivity contribution in [1.82, 2.24) is 0 Å². The predicted octanol–water partition coefficient (Wildman–Crippen LogP) is 5.26. The van der Waals surface area contributed by atoms with E-state index < -0.39 is 15.6 Å². The first kappa shape index (κ1) is 24.6. The molecule has 0 saturated carbocycles. The van der Waals surface area contributed by atoms with Crippen LogP contribution in [0.25, 0.3) is 54.2 Å². The minimum Gasteiger partial charge on any atom is -0.403 e. The summed E-state index contributed by atoms with van der Waals surface area (Å²) >= 11 is 0. The number of rotatable bonds is 4. The standard InChI is InChI=1S/C32H20O8P2/c33-41(34,35)39-31-27-12-21-8-19-6-17-5-18(17)7-20(19)9-22(21)13-28(27)32(40-42(36,37)38)30-26-14-25(29(30)31)23-10-15-3-1-2-4-16(15)11-24(23)26/h1-4,6-13H,5,14H2,(H2,33,34,35)(H2,36,37,38). The fourth-order valence-electron chi connectivity index (χ4n) is 6.89. The molecule has 0 atom stereocenters. The van der Waals surface area contributed by atoms with Crippen LogP contribution in [0.1, 0.15) is 28.7 Å². The molecule has 0 unspecified atom stereocenters. The van der Waals surface area contributed by atoms with Crippen molar-refractivity contribution in [2.45, 2.75) is 12.8 Å². The van der Waals surface area contributed by atoms with Gasteiger partial charge in [-0.1, -0.05) is 36.4 Å². The second kappa shape index (κ2) is 7.88. The van der Waals surface area contributed by atoms with E-state index in [1.165, 1.54) is 11.1 Å². The van der Waals surface area contributed by atoms with Crippen LogP contribution in [-0.2, 0) is 15.6 Å². The molecule has 0 amide bonds. The summed E-state index contributed by atoms with van der Waals surface area (Å²) in [5.74, 6) is -0.0601. The van der Waals surface area contributed by atoms with Gasteiger partial charge in [0.15, 0.2) is 0 Å².